The zero-order valence-electron chi connectivity index (χ0n) is 23.6. The van der Waals surface area contributed by atoms with Gasteiger partial charge in [-0.25, -0.2) is 0 Å². The summed E-state index contributed by atoms with van der Waals surface area (Å²) in [6.07, 6.45) is 6.82. The van der Waals surface area contributed by atoms with Gasteiger partial charge in [0, 0.05) is 25.0 Å². The molecular formula is C32H45FN2O2. The van der Waals surface area contributed by atoms with E-state index in [1.165, 1.54) is 19.3 Å². The lowest BCUT2D eigenvalue weighted by Gasteiger charge is -2.33. The molecule has 1 aliphatic carbocycles. The number of aryl methyl sites for hydroxylation is 1. The Morgan fingerprint density at radius 3 is 2.22 bits per heavy atom. The van der Waals surface area contributed by atoms with Crippen molar-refractivity contribution in [2.75, 3.05) is 6.67 Å². The number of alkyl halides is 1. The molecule has 1 unspecified atom stereocenters. The molecular weight excluding hydrogens is 463 g/mol. The first kappa shape index (κ1) is 32.2. The second kappa shape index (κ2) is 16.1. The molecule has 0 aromatic heterocycles. The van der Waals surface area contributed by atoms with E-state index in [1.807, 2.05) is 38.1 Å². The number of nitrogens with zero attached hydrogens (tertiary/aromatic N) is 2. The highest BCUT2D eigenvalue weighted by Gasteiger charge is 2.31. The van der Waals surface area contributed by atoms with Gasteiger partial charge in [-0.3, -0.25) is 14.2 Å². The standard InChI is InChI=1S/C13H17FO2.C13H16N2.C6H12/c1-2-12(15)10-13(16,8-9-14)11-6-4-3-5-7-11;1-4-5-11(3)15-13-7-6-12(9-14)8-10(13)2;1-6(2)4-3-5-6/h3-7,16H,2,8-10H2,1H3;6-8H,4-5H2,1-3H3;3-5H2,1-2H3. The van der Waals surface area contributed by atoms with Crippen molar-refractivity contribution in [1.82, 2.24) is 0 Å². The van der Waals surface area contributed by atoms with E-state index in [9.17, 15) is 14.3 Å². The van der Waals surface area contributed by atoms with Crippen LogP contribution in [0.3, 0.4) is 0 Å². The fourth-order valence-corrected chi connectivity index (χ4v) is 4.05. The van der Waals surface area contributed by atoms with Crippen LogP contribution in [0.25, 0.3) is 0 Å². The second-order valence-corrected chi connectivity index (χ2v) is 10.6. The van der Waals surface area contributed by atoms with E-state index in [-0.39, 0.29) is 18.6 Å². The number of ketones is 1. The molecule has 1 atom stereocenters. The Morgan fingerprint density at radius 1 is 1.16 bits per heavy atom. The monoisotopic (exact) mass is 508 g/mol. The molecule has 0 radical (unpaired) electrons. The Morgan fingerprint density at radius 2 is 1.78 bits per heavy atom. The minimum atomic E-state index is -1.36. The molecule has 0 spiro atoms. The lowest BCUT2D eigenvalue weighted by Crippen LogP contribution is -2.29. The summed E-state index contributed by atoms with van der Waals surface area (Å²) in [5.74, 6) is -0.0557. The van der Waals surface area contributed by atoms with Crippen LogP contribution in [0, 0.1) is 23.7 Å². The van der Waals surface area contributed by atoms with Crippen LogP contribution < -0.4 is 0 Å². The molecule has 2 aromatic rings. The van der Waals surface area contributed by atoms with Gasteiger partial charge in [-0.05, 0) is 67.9 Å². The van der Waals surface area contributed by atoms with Gasteiger partial charge >= 0.3 is 0 Å². The van der Waals surface area contributed by atoms with E-state index in [0.29, 0.717) is 17.5 Å². The first-order valence-electron chi connectivity index (χ1n) is 13.4. The van der Waals surface area contributed by atoms with Crippen molar-refractivity contribution in [3.8, 4) is 6.07 Å². The number of aliphatic imine (C=N–C) groups is 1. The number of hydrogen-bond acceptors (Lipinski definition) is 4. The van der Waals surface area contributed by atoms with Gasteiger partial charge in [0.2, 0.25) is 0 Å². The highest BCUT2D eigenvalue weighted by Crippen LogP contribution is 2.39. The van der Waals surface area contributed by atoms with Gasteiger partial charge in [0.1, 0.15) is 5.78 Å². The summed E-state index contributed by atoms with van der Waals surface area (Å²) in [6, 6.07) is 16.5. The molecule has 0 bridgehead atoms. The van der Waals surface area contributed by atoms with Crippen molar-refractivity contribution in [2.45, 2.75) is 98.5 Å². The van der Waals surface area contributed by atoms with Crippen LogP contribution >= 0.6 is 0 Å². The SMILES string of the molecule is CC1(C)CCC1.CCC(=O)CC(O)(CCF)c1ccccc1.CCCC(C)=Nc1ccc(C#N)cc1C. The molecule has 1 N–H and O–H groups in total. The lowest BCUT2D eigenvalue weighted by molar-refractivity contribution is -0.124. The van der Waals surface area contributed by atoms with E-state index in [2.05, 4.69) is 31.8 Å². The number of carbonyl (C=O) groups excluding carboxylic acids is 1. The fraction of sp³-hybridized carbons (Fsp3) is 0.531. The zero-order valence-corrected chi connectivity index (χ0v) is 23.6. The summed E-state index contributed by atoms with van der Waals surface area (Å²) in [5.41, 5.74) is 3.84. The number of carbonyl (C=O) groups is 1. The van der Waals surface area contributed by atoms with Crippen molar-refractivity contribution >= 4 is 17.2 Å². The van der Waals surface area contributed by atoms with Crippen molar-refractivity contribution in [3.05, 3.63) is 65.2 Å². The van der Waals surface area contributed by atoms with Gasteiger partial charge in [0.25, 0.3) is 0 Å². The molecule has 3 rings (SSSR count). The maximum absolute atomic E-state index is 12.5. The summed E-state index contributed by atoms with van der Waals surface area (Å²) < 4.78 is 12.5. The fourth-order valence-electron chi connectivity index (χ4n) is 4.05. The maximum Gasteiger partial charge on any atom is 0.135 e. The maximum atomic E-state index is 12.5. The topological polar surface area (TPSA) is 73.4 Å². The number of Topliss-reactive ketones (excluding diaryl/α,β-unsaturated/α-hetero) is 1. The van der Waals surface area contributed by atoms with E-state index < -0.39 is 12.3 Å². The van der Waals surface area contributed by atoms with Crippen molar-refractivity contribution in [1.29, 1.82) is 5.26 Å². The normalized spacial score (nSPS) is 15.5. The Bertz CT molecular complexity index is 1030. The average molecular weight is 509 g/mol. The first-order valence-corrected chi connectivity index (χ1v) is 13.4. The summed E-state index contributed by atoms with van der Waals surface area (Å²) in [7, 11) is 0. The molecule has 1 aliphatic rings. The molecule has 0 heterocycles. The van der Waals surface area contributed by atoms with E-state index >= 15 is 0 Å². The van der Waals surface area contributed by atoms with E-state index in [1.54, 1.807) is 31.2 Å². The van der Waals surface area contributed by atoms with E-state index in [0.717, 1.165) is 35.2 Å². The third-order valence-electron chi connectivity index (χ3n) is 6.66. The Balaban J connectivity index is 0.000000303. The van der Waals surface area contributed by atoms with Crippen LogP contribution in [0.15, 0.2) is 53.5 Å². The van der Waals surface area contributed by atoms with Crippen LogP contribution in [0.4, 0.5) is 10.1 Å². The highest BCUT2D eigenvalue weighted by molar-refractivity contribution is 5.85. The Labute approximate surface area is 223 Å². The minimum absolute atomic E-state index is 0.0164. The van der Waals surface area contributed by atoms with Gasteiger partial charge in [-0.2, -0.15) is 5.26 Å². The molecule has 37 heavy (non-hydrogen) atoms. The summed E-state index contributed by atoms with van der Waals surface area (Å²) >= 11 is 0. The summed E-state index contributed by atoms with van der Waals surface area (Å²) in [4.78, 5) is 15.9. The number of halogens is 1. The minimum Gasteiger partial charge on any atom is -0.385 e. The predicted molar refractivity (Wildman–Crippen MR) is 152 cm³/mol. The van der Waals surface area contributed by atoms with Crippen LogP contribution in [0.1, 0.15) is 103 Å². The zero-order chi connectivity index (χ0) is 27.9. The van der Waals surface area contributed by atoms with Crippen LogP contribution in [-0.2, 0) is 10.4 Å². The van der Waals surface area contributed by atoms with Gasteiger partial charge in [-0.1, -0.05) is 70.9 Å². The lowest BCUT2D eigenvalue weighted by atomic mass is 9.72. The molecule has 0 saturated heterocycles. The van der Waals surface area contributed by atoms with Gasteiger partial charge < -0.3 is 5.11 Å². The van der Waals surface area contributed by atoms with E-state index in [4.69, 9.17) is 5.26 Å². The number of benzene rings is 2. The quantitative estimate of drug-likeness (QED) is 0.345. The number of nitriles is 1. The van der Waals surface area contributed by atoms with Gasteiger partial charge in [0.05, 0.1) is 29.6 Å². The van der Waals surface area contributed by atoms with Crippen molar-refractivity contribution < 1.29 is 14.3 Å². The summed E-state index contributed by atoms with van der Waals surface area (Å²) in [5, 5.41) is 19.1. The molecule has 4 nitrogen and oxygen atoms in total. The average Bonchev–Trinajstić information content (AvgIpc) is 2.86. The summed E-state index contributed by atoms with van der Waals surface area (Å²) in [6.45, 7) is 11.9. The molecule has 1 saturated carbocycles. The third kappa shape index (κ3) is 11.8. The second-order valence-electron chi connectivity index (χ2n) is 10.6. The van der Waals surface area contributed by atoms with Gasteiger partial charge in [-0.15, -0.1) is 0 Å². The van der Waals surface area contributed by atoms with Crippen LogP contribution in [-0.4, -0.2) is 23.3 Å². The molecule has 0 amide bonds. The first-order chi connectivity index (χ1) is 17.5. The third-order valence-corrected chi connectivity index (χ3v) is 6.66. The van der Waals surface area contributed by atoms with Crippen LogP contribution in [0.5, 0.6) is 0 Å². The number of rotatable bonds is 9. The molecule has 0 aliphatic heterocycles. The van der Waals surface area contributed by atoms with Gasteiger partial charge in [0.15, 0.2) is 0 Å². The smallest absolute Gasteiger partial charge is 0.135 e. The molecule has 5 heteroatoms. The molecule has 2 aromatic carbocycles. The largest absolute Gasteiger partial charge is 0.385 e. The number of hydrogen-bond donors (Lipinski definition) is 1. The van der Waals surface area contributed by atoms with Crippen molar-refractivity contribution in [2.24, 2.45) is 10.4 Å². The Hall–Kier alpha value is -2.84. The predicted octanol–water partition coefficient (Wildman–Crippen LogP) is 8.56. The van der Waals surface area contributed by atoms with Crippen molar-refractivity contribution in [3.63, 3.8) is 0 Å². The molecule has 202 valence electrons. The Kier molecular flexibility index (Phi) is 14.0. The highest BCUT2D eigenvalue weighted by atomic mass is 19.1. The van der Waals surface area contributed by atoms with Crippen LogP contribution in [0.2, 0.25) is 0 Å². The number of aliphatic hydroxyl groups is 1. The molecule has 1 fully saturated rings.